The van der Waals surface area contributed by atoms with Gasteiger partial charge in [-0.15, -0.1) is 0 Å². The average molecular weight is 394 g/mol. The molecule has 2 aromatic carbocycles. The minimum Gasteiger partial charge on any atom is -0.493 e. The van der Waals surface area contributed by atoms with Gasteiger partial charge in [-0.25, -0.2) is 0 Å². The summed E-state index contributed by atoms with van der Waals surface area (Å²) in [4.78, 5) is 11.9. The van der Waals surface area contributed by atoms with Gasteiger partial charge in [0.15, 0.2) is 6.04 Å². The van der Waals surface area contributed by atoms with E-state index < -0.39 is 23.7 Å². The molecule has 28 heavy (non-hydrogen) atoms. The summed E-state index contributed by atoms with van der Waals surface area (Å²) in [5.41, 5.74) is 1.52. The first-order valence-corrected chi connectivity index (χ1v) is 9.45. The normalized spacial score (nSPS) is 18.3. The van der Waals surface area contributed by atoms with Gasteiger partial charge in [0.05, 0.1) is 6.61 Å². The number of carbonyl (C=O) groups excluding carboxylic acids is 1. The Morgan fingerprint density at radius 2 is 1.89 bits per heavy atom. The molecular weight excluding hydrogens is 369 g/mol. The lowest BCUT2D eigenvalue weighted by Gasteiger charge is -2.38. The van der Waals surface area contributed by atoms with Gasteiger partial charge in [-0.2, -0.15) is 18.2 Å². The van der Waals surface area contributed by atoms with E-state index in [2.05, 4.69) is 5.43 Å². The molecule has 1 aliphatic heterocycles. The molecule has 0 aliphatic carbocycles. The largest absolute Gasteiger partial charge is 0.493 e. The van der Waals surface area contributed by atoms with Crippen LogP contribution >= 0.6 is 0 Å². The van der Waals surface area contributed by atoms with Crippen LogP contribution < -0.4 is 10.2 Å². The highest BCUT2D eigenvalue weighted by Crippen LogP contribution is 2.46. The van der Waals surface area contributed by atoms with E-state index in [-0.39, 0.29) is 12.0 Å². The van der Waals surface area contributed by atoms with Gasteiger partial charge in [0.2, 0.25) is 5.91 Å². The first-order valence-electron chi connectivity index (χ1n) is 9.45. The number of alkyl halides is 3. The lowest BCUT2D eigenvalue weighted by atomic mass is 9.93. The molecule has 1 atom stereocenters. The fraction of sp³-hybridized carbons (Fsp3) is 0.476. The lowest BCUT2D eigenvalue weighted by molar-refractivity contribution is -0.203. The molecule has 1 aliphatic rings. The summed E-state index contributed by atoms with van der Waals surface area (Å²) in [5, 5.41) is 2.14. The van der Waals surface area contributed by atoms with Crippen molar-refractivity contribution in [2.24, 2.45) is 0 Å². The topological polar surface area (TPSA) is 41.6 Å². The Labute approximate surface area is 162 Å². The van der Waals surface area contributed by atoms with Crippen LogP contribution in [0.2, 0.25) is 0 Å². The number of nitrogens with one attached hydrogen (secondary N) is 1. The molecule has 1 amide bonds. The molecule has 152 valence electrons. The molecule has 0 aromatic heterocycles. The van der Waals surface area contributed by atoms with Crippen molar-refractivity contribution >= 4 is 16.7 Å². The van der Waals surface area contributed by atoms with Crippen LogP contribution in [0, 0.1) is 0 Å². The lowest BCUT2D eigenvalue weighted by Crippen LogP contribution is -2.51. The molecule has 0 unspecified atom stereocenters. The molecule has 4 nitrogen and oxygen atoms in total. The summed E-state index contributed by atoms with van der Waals surface area (Å²) in [6.07, 6.45) is -2.84. The highest BCUT2D eigenvalue weighted by Gasteiger charge is 2.53. The summed E-state index contributed by atoms with van der Waals surface area (Å²) in [7, 11) is 0. The Morgan fingerprint density at radius 3 is 2.46 bits per heavy atom. The molecule has 1 saturated heterocycles. The predicted octanol–water partition coefficient (Wildman–Crippen LogP) is 5.14. The fourth-order valence-electron chi connectivity index (χ4n) is 3.69. The second-order valence-corrected chi connectivity index (χ2v) is 7.74. The van der Waals surface area contributed by atoms with Gasteiger partial charge in [-0.1, -0.05) is 43.7 Å². The summed E-state index contributed by atoms with van der Waals surface area (Å²) >= 11 is 0. The Bertz CT molecular complexity index is 859. The number of rotatable bonds is 6. The van der Waals surface area contributed by atoms with E-state index in [4.69, 9.17) is 4.74 Å². The van der Waals surface area contributed by atoms with E-state index in [0.29, 0.717) is 23.1 Å². The van der Waals surface area contributed by atoms with Crippen molar-refractivity contribution in [2.45, 2.75) is 57.8 Å². The zero-order valence-electron chi connectivity index (χ0n) is 16.3. The van der Waals surface area contributed by atoms with Gasteiger partial charge in [0, 0.05) is 17.3 Å². The molecule has 1 heterocycles. The third-order valence-corrected chi connectivity index (χ3v) is 5.01. The molecule has 0 bridgehead atoms. The van der Waals surface area contributed by atoms with E-state index in [1.807, 2.05) is 6.92 Å². The van der Waals surface area contributed by atoms with Crippen molar-refractivity contribution in [1.29, 1.82) is 0 Å². The number of nitrogens with zero attached hydrogens (tertiary/aromatic N) is 1. The van der Waals surface area contributed by atoms with Crippen LogP contribution in [-0.2, 0) is 4.79 Å². The van der Waals surface area contributed by atoms with Gasteiger partial charge in [-0.3, -0.25) is 10.2 Å². The Morgan fingerprint density at radius 1 is 1.21 bits per heavy atom. The van der Waals surface area contributed by atoms with E-state index in [1.54, 1.807) is 44.2 Å². The smallest absolute Gasteiger partial charge is 0.409 e. The fourth-order valence-corrected chi connectivity index (χ4v) is 3.69. The molecule has 1 N–H and O–H groups in total. The van der Waals surface area contributed by atoms with Gasteiger partial charge < -0.3 is 4.74 Å². The second-order valence-electron chi connectivity index (χ2n) is 7.74. The van der Waals surface area contributed by atoms with Crippen molar-refractivity contribution in [1.82, 2.24) is 10.4 Å². The van der Waals surface area contributed by atoms with E-state index in [1.165, 1.54) is 6.07 Å². The third-order valence-electron chi connectivity index (χ3n) is 5.01. The number of benzene rings is 2. The molecule has 0 saturated carbocycles. The Hall–Kier alpha value is -2.28. The van der Waals surface area contributed by atoms with Crippen molar-refractivity contribution in [2.75, 3.05) is 6.61 Å². The first kappa shape index (κ1) is 20.5. The number of unbranched alkanes of at least 4 members (excludes halogenated alkanes) is 1. The van der Waals surface area contributed by atoms with Crippen molar-refractivity contribution < 1.29 is 22.7 Å². The minimum absolute atomic E-state index is 0.00417. The van der Waals surface area contributed by atoms with E-state index in [0.717, 1.165) is 17.9 Å². The maximum absolute atomic E-state index is 14.3. The second kappa shape index (κ2) is 7.62. The van der Waals surface area contributed by atoms with Gasteiger partial charge >= 0.3 is 6.18 Å². The number of amides is 1. The van der Waals surface area contributed by atoms with Crippen LogP contribution in [0.5, 0.6) is 5.75 Å². The standard InChI is InChI=1S/C21H25F3N2O2/c1-4-5-12-28-16-11-7-9-14-8-6-10-15(18(14)16)19(21(22,23)24)26-20(2,3)13-17(27)25-26/h6-11,19H,4-5,12-13H2,1-3H3,(H,25,27)/t19-/m0/s1. The van der Waals surface area contributed by atoms with Crippen LogP contribution in [0.15, 0.2) is 36.4 Å². The maximum Gasteiger partial charge on any atom is 0.409 e. The zero-order chi connectivity index (χ0) is 20.5. The van der Waals surface area contributed by atoms with Gasteiger partial charge in [-0.05, 0) is 37.3 Å². The van der Waals surface area contributed by atoms with Crippen molar-refractivity contribution in [3.8, 4) is 5.75 Å². The monoisotopic (exact) mass is 394 g/mol. The summed E-state index contributed by atoms with van der Waals surface area (Å²) < 4.78 is 48.6. The van der Waals surface area contributed by atoms with E-state index >= 15 is 0 Å². The number of hydrogen-bond donors (Lipinski definition) is 1. The number of halogens is 3. The highest BCUT2D eigenvalue weighted by atomic mass is 19.4. The molecule has 0 spiro atoms. The SMILES string of the molecule is CCCCOc1cccc2cccc([C@H](N3NC(=O)CC3(C)C)C(F)(F)F)c12. The average Bonchev–Trinajstić information content (AvgIpc) is 2.86. The molecular formula is C21H25F3N2O2. The number of carbonyl (C=O) groups is 1. The molecule has 7 heteroatoms. The quantitative estimate of drug-likeness (QED) is 0.690. The molecule has 2 aromatic rings. The Balaban J connectivity index is 2.17. The number of ether oxygens (including phenoxy) is 1. The van der Waals surface area contributed by atoms with E-state index in [9.17, 15) is 18.0 Å². The summed E-state index contributed by atoms with van der Waals surface area (Å²) in [6.45, 7) is 5.73. The van der Waals surface area contributed by atoms with Gasteiger partial charge in [0.25, 0.3) is 0 Å². The van der Waals surface area contributed by atoms with Crippen LogP contribution in [0.25, 0.3) is 10.8 Å². The molecule has 0 radical (unpaired) electrons. The number of hydrogen-bond acceptors (Lipinski definition) is 3. The van der Waals surface area contributed by atoms with Crippen LogP contribution in [0.1, 0.15) is 51.6 Å². The number of hydrazine groups is 1. The van der Waals surface area contributed by atoms with Crippen LogP contribution in [0.4, 0.5) is 13.2 Å². The summed E-state index contributed by atoms with van der Waals surface area (Å²) in [5.74, 6) is 0.0121. The maximum atomic E-state index is 14.3. The van der Waals surface area contributed by atoms with Crippen molar-refractivity contribution in [3.05, 3.63) is 42.0 Å². The minimum atomic E-state index is -4.58. The van der Waals surface area contributed by atoms with Crippen molar-refractivity contribution in [3.63, 3.8) is 0 Å². The molecule has 1 fully saturated rings. The van der Waals surface area contributed by atoms with Gasteiger partial charge in [0.1, 0.15) is 5.75 Å². The highest BCUT2D eigenvalue weighted by molar-refractivity contribution is 5.92. The zero-order valence-corrected chi connectivity index (χ0v) is 16.3. The van der Waals surface area contributed by atoms with Crippen LogP contribution in [0.3, 0.4) is 0 Å². The predicted molar refractivity (Wildman–Crippen MR) is 102 cm³/mol. The summed E-state index contributed by atoms with van der Waals surface area (Å²) in [6, 6.07) is 8.11. The van der Waals surface area contributed by atoms with Crippen LogP contribution in [-0.4, -0.2) is 29.2 Å². The Kier molecular flexibility index (Phi) is 5.57. The molecule has 3 rings (SSSR count). The number of fused-ring (bicyclic) bond motifs is 1. The third kappa shape index (κ3) is 3.94. The first-order chi connectivity index (χ1) is 13.1.